The van der Waals surface area contributed by atoms with E-state index >= 15 is 0 Å². The van der Waals surface area contributed by atoms with Gasteiger partial charge in [-0.1, -0.05) is 6.07 Å². The number of amides is 1. The summed E-state index contributed by atoms with van der Waals surface area (Å²) in [5.41, 5.74) is 1.75. The van der Waals surface area contributed by atoms with Crippen molar-refractivity contribution in [3.05, 3.63) is 50.4 Å². The molecule has 8 heteroatoms. The van der Waals surface area contributed by atoms with Crippen molar-refractivity contribution in [2.45, 2.75) is 53.5 Å². The summed E-state index contributed by atoms with van der Waals surface area (Å²) in [4.78, 5) is 34.0. The zero-order valence-corrected chi connectivity index (χ0v) is 19.4. The molecule has 0 aliphatic rings. The number of carbonyl (C=O) groups excluding carboxylic acids is 1. The monoisotopic (exact) mass is 443 g/mol. The van der Waals surface area contributed by atoms with Gasteiger partial charge in [0.15, 0.2) is 11.5 Å². The highest BCUT2D eigenvalue weighted by Crippen LogP contribution is 2.31. The van der Waals surface area contributed by atoms with Crippen LogP contribution < -0.4 is 20.3 Å². The molecule has 31 heavy (non-hydrogen) atoms. The maximum absolute atomic E-state index is 12.5. The number of hydrogen-bond acceptors (Lipinski definition) is 6. The van der Waals surface area contributed by atoms with Crippen LogP contribution in [-0.2, 0) is 11.2 Å². The Morgan fingerprint density at radius 1 is 1.19 bits per heavy atom. The molecule has 2 aromatic heterocycles. The molecule has 3 aromatic rings. The topological polar surface area (TPSA) is 93.3 Å². The fourth-order valence-corrected chi connectivity index (χ4v) is 4.43. The van der Waals surface area contributed by atoms with Crippen LogP contribution in [0.15, 0.2) is 23.0 Å². The van der Waals surface area contributed by atoms with Crippen LogP contribution in [0.2, 0.25) is 0 Å². The van der Waals surface area contributed by atoms with Crippen LogP contribution in [0, 0.1) is 13.8 Å². The molecule has 0 radical (unpaired) electrons. The molecule has 2 heterocycles. The molecule has 0 saturated heterocycles. The first-order chi connectivity index (χ1) is 14.8. The standard InChI is InChI=1S/C23H29N3O4S/c1-6-29-17-9-8-16(12-18(17)30-7-2)14(4)24-20(27)11-10-19-25-22(28)21-13(3)15(5)31-23(21)26-19/h8-9,12,14H,6-7,10-11H2,1-5H3,(H,24,27)(H,25,26,28). The molecular formula is C23H29N3O4S. The Kier molecular flexibility index (Phi) is 7.33. The number of aromatic amines is 1. The minimum Gasteiger partial charge on any atom is -0.490 e. The number of thiophene rings is 1. The van der Waals surface area contributed by atoms with E-state index in [1.54, 1.807) is 0 Å². The first-order valence-corrected chi connectivity index (χ1v) is 11.3. The van der Waals surface area contributed by atoms with Gasteiger partial charge < -0.3 is 19.8 Å². The van der Waals surface area contributed by atoms with Crippen LogP contribution in [0.1, 0.15) is 55.1 Å². The molecule has 0 spiro atoms. The lowest BCUT2D eigenvalue weighted by Gasteiger charge is -2.17. The van der Waals surface area contributed by atoms with Crippen molar-refractivity contribution in [1.82, 2.24) is 15.3 Å². The summed E-state index contributed by atoms with van der Waals surface area (Å²) in [6.45, 7) is 10.8. The summed E-state index contributed by atoms with van der Waals surface area (Å²) in [5, 5.41) is 3.64. The second-order valence-electron chi connectivity index (χ2n) is 7.34. The number of ether oxygens (including phenoxy) is 2. The lowest BCUT2D eigenvalue weighted by molar-refractivity contribution is -0.121. The number of aromatic nitrogens is 2. The molecule has 1 atom stereocenters. The second-order valence-corrected chi connectivity index (χ2v) is 8.54. The van der Waals surface area contributed by atoms with Crippen molar-refractivity contribution in [3.63, 3.8) is 0 Å². The highest BCUT2D eigenvalue weighted by Gasteiger charge is 2.15. The smallest absolute Gasteiger partial charge is 0.259 e. The van der Waals surface area contributed by atoms with E-state index in [9.17, 15) is 9.59 Å². The first kappa shape index (κ1) is 22.8. The zero-order valence-electron chi connectivity index (χ0n) is 18.6. The van der Waals surface area contributed by atoms with Crippen molar-refractivity contribution in [2.24, 2.45) is 0 Å². The molecule has 0 bridgehead atoms. The average molecular weight is 444 g/mol. The maximum Gasteiger partial charge on any atom is 0.259 e. The van der Waals surface area contributed by atoms with Gasteiger partial charge in [0.2, 0.25) is 5.91 Å². The number of benzene rings is 1. The molecule has 0 saturated carbocycles. The van der Waals surface area contributed by atoms with Crippen molar-refractivity contribution in [3.8, 4) is 11.5 Å². The molecule has 1 unspecified atom stereocenters. The van der Waals surface area contributed by atoms with E-state index in [4.69, 9.17) is 9.47 Å². The number of hydrogen-bond donors (Lipinski definition) is 2. The van der Waals surface area contributed by atoms with Crippen LogP contribution in [0.5, 0.6) is 11.5 Å². The van der Waals surface area contributed by atoms with Crippen molar-refractivity contribution < 1.29 is 14.3 Å². The maximum atomic E-state index is 12.5. The van der Waals surface area contributed by atoms with Gasteiger partial charge in [-0.05, 0) is 57.9 Å². The van der Waals surface area contributed by atoms with Crippen molar-refractivity contribution >= 4 is 27.5 Å². The average Bonchev–Trinajstić information content (AvgIpc) is 3.02. The summed E-state index contributed by atoms with van der Waals surface area (Å²) in [6.07, 6.45) is 0.602. The molecule has 0 fully saturated rings. The van der Waals surface area contributed by atoms with E-state index in [1.165, 1.54) is 11.3 Å². The van der Waals surface area contributed by atoms with E-state index in [0.717, 1.165) is 20.8 Å². The third-order valence-corrected chi connectivity index (χ3v) is 6.22. The number of aryl methyl sites for hydroxylation is 3. The highest BCUT2D eigenvalue weighted by molar-refractivity contribution is 7.18. The van der Waals surface area contributed by atoms with Gasteiger partial charge in [-0.15, -0.1) is 11.3 Å². The Morgan fingerprint density at radius 2 is 1.90 bits per heavy atom. The second kappa shape index (κ2) is 9.96. The third-order valence-electron chi connectivity index (χ3n) is 5.12. The molecule has 1 aromatic carbocycles. The number of carbonyl (C=O) groups is 1. The fraction of sp³-hybridized carbons (Fsp3) is 0.435. The molecule has 1 amide bonds. The molecule has 0 aliphatic carbocycles. The summed E-state index contributed by atoms with van der Waals surface area (Å²) in [7, 11) is 0. The predicted molar refractivity (Wildman–Crippen MR) is 123 cm³/mol. The van der Waals surface area contributed by atoms with Gasteiger partial charge in [0, 0.05) is 17.7 Å². The van der Waals surface area contributed by atoms with Gasteiger partial charge in [-0.3, -0.25) is 9.59 Å². The van der Waals surface area contributed by atoms with Crippen LogP contribution in [0.3, 0.4) is 0 Å². The van der Waals surface area contributed by atoms with Crippen LogP contribution in [-0.4, -0.2) is 29.1 Å². The van der Waals surface area contributed by atoms with E-state index in [1.807, 2.05) is 52.8 Å². The van der Waals surface area contributed by atoms with E-state index in [0.29, 0.717) is 42.3 Å². The lowest BCUT2D eigenvalue weighted by Crippen LogP contribution is -2.27. The van der Waals surface area contributed by atoms with Crippen LogP contribution in [0.25, 0.3) is 10.2 Å². The van der Waals surface area contributed by atoms with E-state index < -0.39 is 0 Å². The zero-order chi connectivity index (χ0) is 22.5. The number of rotatable bonds is 9. The van der Waals surface area contributed by atoms with Gasteiger partial charge in [0.05, 0.1) is 24.6 Å². The van der Waals surface area contributed by atoms with Gasteiger partial charge in [-0.25, -0.2) is 4.98 Å². The summed E-state index contributed by atoms with van der Waals surface area (Å²) in [6, 6.07) is 5.49. The molecule has 7 nitrogen and oxygen atoms in total. The summed E-state index contributed by atoms with van der Waals surface area (Å²) >= 11 is 1.51. The summed E-state index contributed by atoms with van der Waals surface area (Å²) < 4.78 is 11.3. The highest BCUT2D eigenvalue weighted by atomic mass is 32.1. The van der Waals surface area contributed by atoms with E-state index in [-0.39, 0.29) is 23.9 Å². The molecule has 0 aliphatic heterocycles. The molecule has 3 rings (SSSR count). The Morgan fingerprint density at radius 3 is 2.61 bits per heavy atom. The Bertz CT molecular complexity index is 1140. The predicted octanol–water partition coefficient (Wildman–Crippen LogP) is 4.21. The number of nitrogens with one attached hydrogen (secondary N) is 2. The van der Waals surface area contributed by atoms with Gasteiger partial charge in [0.25, 0.3) is 5.56 Å². The first-order valence-electron chi connectivity index (χ1n) is 10.5. The Balaban J connectivity index is 1.65. The largest absolute Gasteiger partial charge is 0.490 e. The fourth-order valence-electron chi connectivity index (χ4n) is 3.38. The van der Waals surface area contributed by atoms with E-state index in [2.05, 4.69) is 15.3 Å². The number of fused-ring (bicyclic) bond motifs is 1. The Labute approximate surface area is 185 Å². The molecular weight excluding hydrogens is 414 g/mol. The normalized spacial score (nSPS) is 12.0. The quantitative estimate of drug-likeness (QED) is 0.517. The number of H-pyrrole nitrogens is 1. The molecule has 166 valence electrons. The minimum atomic E-state index is -0.195. The SMILES string of the molecule is CCOc1ccc(C(C)NC(=O)CCc2nc3sc(C)c(C)c3c(=O)[nH]2)cc1OCC. The van der Waals surface area contributed by atoms with Gasteiger partial charge in [0.1, 0.15) is 10.7 Å². The summed E-state index contributed by atoms with van der Waals surface area (Å²) in [5.74, 6) is 1.78. The number of nitrogens with zero attached hydrogens (tertiary/aromatic N) is 1. The third kappa shape index (κ3) is 5.25. The lowest BCUT2D eigenvalue weighted by atomic mass is 10.1. The van der Waals surface area contributed by atoms with Gasteiger partial charge >= 0.3 is 0 Å². The Hall–Kier alpha value is -2.87. The van der Waals surface area contributed by atoms with Crippen molar-refractivity contribution in [1.29, 1.82) is 0 Å². The molecule has 2 N–H and O–H groups in total. The van der Waals surface area contributed by atoms with Crippen molar-refractivity contribution in [2.75, 3.05) is 13.2 Å². The minimum absolute atomic E-state index is 0.111. The van der Waals surface area contributed by atoms with Crippen LogP contribution >= 0.6 is 11.3 Å². The van der Waals surface area contributed by atoms with Gasteiger partial charge in [-0.2, -0.15) is 0 Å². The van der Waals surface area contributed by atoms with Crippen LogP contribution in [0.4, 0.5) is 0 Å².